The largest absolute Gasteiger partial charge is 0.492 e. The van der Waals surface area contributed by atoms with E-state index in [1.54, 1.807) is 29.6 Å². The number of hydrogen-bond donors (Lipinski definition) is 1. The number of thiazole rings is 1. The topological polar surface area (TPSA) is 106 Å². The molecule has 0 spiro atoms. The third kappa shape index (κ3) is 5.07. The molecule has 1 N–H and O–H groups in total. The highest BCUT2D eigenvalue weighted by Gasteiger charge is 2.36. The van der Waals surface area contributed by atoms with Crippen LogP contribution in [0, 0.1) is 0 Å². The second-order valence-electron chi connectivity index (χ2n) is 7.09. The van der Waals surface area contributed by atoms with Gasteiger partial charge in [0, 0.05) is 23.1 Å². The van der Waals surface area contributed by atoms with Crippen LogP contribution in [0.2, 0.25) is 5.02 Å². The molecule has 1 aromatic heterocycles. The molecule has 32 heavy (non-hydrogen) atoms. The fourth-order valence-electron chi connectivity index (χ4n) is 3.39. The summed E-state index contributed by atoms with van der Waals surface area (Å²) in [5, 5.41) is 2.48. The van der Waals surface area contributed by atoms with Gasteiger partial charge in [0.25, 0.3) is 10.0 Å². The van der Waals surface area contributed by atoms with Gasteiger partial charge in [-0.3, -0.25) is 4.72 Å². The molecule has 4 rings (SSSR count). The highest BCUT2D eigenvalue weighted by atomic mass is 35.5. The van der Waals surface area contributed by atoms with Crippen molar-refractivity contribution in [2.45, 2.75) is 28.7 Å². The highest BCUT2D eigenvalue weighted by molar-refractivity contribution is 7.93. The smallest absolute Gasteiger partial charge is 0.263 e. The summed E-state index contributed by atoms with van der Waals surface area (Å²) in [6, 6.07) is 11.7. The summed E-state index contributed by atoms with van der Waals surface area (Å²) in [4.78, 5) is 3.88. The van der Waals surface area contributed by atoms with Crippen LogP contribution in [-0.4, -0.2) is 45.3 Å². The predicted molar refractivity (Wildman–Crippen MR) is 123 cm³/mol. The van der Waals surface area contributed by atoms with Gasteiger partial charge in [0.2, 0.25) is 10.0 Å². The van der Waals surface area contributed by atoms with Gasteiger partial charge >= 0.3 is 0 Å². The van der Waals surface area contributed by atoms with Crippen molar-refractivity contribution in [1.82, 2.24) is 9.29 Å². The number of ether oxygens (including phenoxy) is 1. The lowest BCUT2D eigenvalue weighted by Crippen LogP contribution is -2.39. The normalized spacial score (nSPS) is 17.3. The van der Waals surface area contributed by atoms with Crippen LogP contribution < -0.4 is 9.46 Å². The predicted octanol–water partition coefficient (Wildman–Crippen LogP) is 3.83. The van der Waals surface area contributed by atoms with E-state index >= 15 is 0 Å². The third-order valence-electron chi connectivity index (χ3n) is 4.97. The summed E-state index contributed by atoms with van der Waals surface area (Å²) in [5.41, 5.74) is 0. The second-order valence-corrected chi connectivity index (χ2v) is 12.0. The maximum Gasteiger partial charge on any atom is 0.263 e. The maximum absolute atomic E-state index is 13.2. The summed E-state index contributed by atoms with van der Waals surface area (Å²) in [6.45, 7) is 0.591. The molecule has 0 bridgehead atoms. The molecule has 2 heterocycles. The first kappa shape index (κ1) is 23.0. The summed E-state index contributed by atoms with van der Waals surface area (Å²) in [5.74, 6) is 0.612. The molecule has 0 aliphatic carbocycles. The van der Waals surface area contributed by atoms with Crippen LogP contribution in [0.25, 0.3) is 0 Å². The third-order valence-corrected chi connectivity index (χ3v) is 9.36. The Balaban J connectivity index is 1.47. The van der Waals surface area contributed by atoms with Gasteiger partial charge in [0.15, 0.2) is 5.13 Å². The van der Waals surface area contributed by atoms with Crippen molar-refractivity contribution >= 4 is 48.1 Å². The van der Waals surface area contributed by atoms with E-state index in [9.17, 15) is 16.8 Å². The van der Waals surface area contributed by atoms with Crippen molar-refractivity contribution in [3.8, 4) is 5.75 Å². The van der Waals surface area contributed by atoms with Crippen LogP contribution in [0.3, 0.4) is 0 Å². The Morgan fingerprint density at radius 2 is 1.75 bits per heavy atom. The first-order valence-electron chi connectivity index (χ1n) is 9.68. The minimum Gasteiger partial charge on any atom is -0.492 e. The van der Waals surface area contributed by atoms with Gasteiger partial charge in [0.1, 0.15) is 12.4 Å². The fourth-order valence-corrected chi connectivity index (χ4v) is 6.98. The Morgan fingerprint density at radius 3 is 2.41 bits per heavy atom. The quantitative estimate of drug-likeness (QED) is 0.490. The fraction of sp³-hybridized carbons (Fsp3) is 0.250. The number of anilines is 1. The van der Waals surface area contributed by atoms with Crippen LogP contribution in [0.4, 0.5) is 5.13 Å². The molecule has 3 aromatic rings. The lowest BCUT2D eigenvalue weighted by Gasteiger charge is -2.24. The molecular formula is C20H20ClN3O5S3. The van der Waals surface area contributed by atoms with E-state index < -0.39 is 20.0 Å². The van der Waals surface area contributed by atoms with E-state index in [1.807, 2.05) is 0 Å². The summed E-state index contributed by atoms with van der Waals surface area (Å²) in [7, 11) is -7.66. The first-order valence-corrected chi connectivity index (χ1v) is 13.9. The molecule has 8 nitrogen and oxygen atoms in total. The number of sulfonamides is 2. The molecule has 170 valence electrons. The Kier molecular flexibility index (Phi) is 6.72. The van der Waals surface area contributed by atoms with E-state index in [2.05, 4.69) is 9.71 Å². The lowest BCUT2D eigenvalue weighted by molar-refractivity contribution is 0.232. The highest BCUT2D eigenvalue weighted by Crippen LogP contribution is 2.28. The Bertz CT molecular complexity index is 1260. The molecule has 1 fully saturated rings. The van der Waals surface area contributed by atoms with Gasteiger partial charge in [-0.15, -0.1) is 11.3 Å². The average Bonchev–Trinajstić information content (AvgIpc) is 3.45. The molecule has 1 saturated heterocycles. The van der Waals surface area contributed by atoms with Gasteiger partial charge in [-0.05, 0) is 61.4 Å². The van der Waals surface area contributed by atoms with E-state index in [-0.39, 0.29) is 27.6 Å². The molecule has 1 aliphatic heterocycles. The second kappa shape index (κ2) is 9.36. The maximum atomic E-state index is 13.2. The number of nitrogens with one attached hydrogen (secondary N) is 1. The van der Waals surface area contributed by atoms with E-state index in [0.29, 0.717) is 23.7 Å². The van der Waals surface area contributed by atoms with Gasteiger partial charge in [-0.25, -0.2) is 21.8 Å². The average molecular weight is 514 g/mol. The van der Waals surface area contributed by atoms with Crippen LogP contribution >= 0.6 is 22.9 Å². The summed E-state index contributed by atoms with van der Waals surface area (Å²) in [6.07, 6.45) is 2.89. The van der Waals surface area contributed by atoms with Crippen LogP contribution in [0.5, 0.6) is 5.75 Å². The van der Waals surface area contributed by atoms with Crippen LogP contribution in [0.1, 0.15) is 12.8 Å². The number of hydrogen-bond acceptors (Lipinski definition) is 7. The molecule has 0 unspecified atom stereocenters. The van der Waals surface area contributed by atoms with Gasteiger partial charge in [-0.1, -0.05) is 11.6 Å². The van der Waals surface area contributed by atoms with Crippen molar-refractivity contribution in [2.75, 3.05) is 17.9 Å². The molecule has 0 saturated carbocycles. The minimum absolute atomic E-state index is 0.0316. The molecule has 1 aliphatic rings. The van der Waals surface area contributed by atoms with Crippen LogP contribution in [0.15, 0.2) is 69.9 Å². The Morgan fingerprint density at radius 1 is 1.06 bits per heavy atom. The number of benzene rings is 2. The molecule has 2 aromatic carbocycles. The Hall–Kier alpha value is -2.18. The summed E-state index contributed by atoms with van der Waals surface area (Å²) < 4.78 is 60.9. The van der Waals surface area contributed by atoms with Crippen molar-refractivity contribution in [2.24, 2.45) is 0 Å². The van der Waals surface area contributed by atoms with E-state index in [1.165, 1.54) is 34.8 Å². The standard InChI is InChI=1S/C20H20ClN3O5S3/c21-15-3-5-17(6-4-15)29-14-16-2-1-12-24(16)32(27,28)19-9-7-18(8-10-19)31(25,26)23-20-22-11-13-30-20/h3-11,13,16H,1-2,12,14H2,(H,22,23)/t16-/m0/s1. The number of aromatic nitrogens is 1. The Labute approximate surface area is 195 Å². The van der Waals surface area contributed by atoms with Crippen molar-refractivity contribution in [3.63, 3.8) is 0 Å². The molecule has 12 heteroatoms. The number of nitrogens with zero attached hydrogens (tertiary/aromatic N) is 2. The van der Waals surface area contributed by atoms with Crippen molar-refractivity contribution < 1.29 is 21.6 Å². The number of halogens is 1. The van der Waals surface area contributed by atoms with E-state index in [0.717, 1.165) is 17.8 Å². The lowest BCUT2D eigenvalue weighted by atomic mass is 10.2. The first-order chi connectivity index (χ1) is 15.3. The van der Waals surface area contributed by atoms with Gasteiger partial charge in [0.05, 0.1) is 15.8 Å². The molecular weight excluding hydrogens is 494 g/mol. The zero-order valence-electron chi connectivity index (χ0n) is 16.7. The van der Waals surface area contributed by atoms with Gasteiger partial charge in [-0.2, -0.15) is 4.31 Å². The monoisotopic (exact) mass is 513 g/mol. The SMILES string of the molecule is O=S(=O)(Nc1nccs1)c1ccc(S(=O)(=O)N2CCC[C@H]2COc2ccc(Cl)cc2)cc1. The molecule has 1 atom stereocenters. The van der Waals surface area contributed by atoms with Crippen molar-refractivity contribution in [3.05, 3.63) is 65.1 Å². The minimum atomic E-state index is -3.86. The van der Waals surface area contributed by atoms with E-state index in [4.69, 9.17) is 16.3 Å². The van der Waals surface area contributed by atoms with Crippen molar-refractivity contribution in [1.29, 1.82) is 0 Å². The molecule has 0 radical (unpaired) electrons. The van der Waals surface area contributed by atoms with Crippen LogP contribution in [-0.2, 0) is 20.0 Å². The molecule has 0 amide bonds. The zero-order valence-corrected chi connectivity index (χ0v) is 19.9. The summed E-state index contributed by atoms with van der Waals surface area (Å²) >= 11 is 7.03. The number of rotatable bonds is 8. The zero-order chi connectivity index (χ0) is 22.8. The van der Waals surface area contributed by atoms with Gasteiger partial charge < -0.3 is 4.74 Å².